The highest BCUT2D eigenvalue weighted by Gasteiger charge is 2.33. The highest BCUT2D eigenvalue weighted by molar-refractivity contribution is 7.99. The number of amidine groups is 1. The van der Waals surface area contributed by atoms with E-state index < -0.39 is 24.4 Å². The zero-order valence-corrected chi connectivity index (χ0v) is 18.4. The Morgan fingerprint density at radius 1 is 1.23 bits per heavy atom. The maximum Gasteiger partial charge on any atom is 0.316 e. The molecule has 7 nitrogen and oxygen atoms in total. The van der Waals surface area contributed by atoms with Gasteiger partial charge < -0.3 is 9.84 Å². The zero-order chi connectivity index (χ0) is 22.0. The monoisotopic (exact) mass is 477 g/mol. The van der Waals surface area contributed by atoms with Crippen molar-refractivity contribution in [2.75, 3.05) is 5.75 Å². The molecule has 2 aromatic rings. The molecular formula is C21H17Cl2N3O4S. The first-order valence-electron chi connectivity index (χ1n) is 9.41. The molecule has 2 unspecified atom stereocenters. The molecule has 0 aliphatic carbocycles. The van der Waals surface area contributed by atoms with E-state index >= 15 is 0 Å². The van der Waals surface area contributed by atoms with E-state index in [9.17, 15) is 9.59 Å². The predicted octanol–water partition coefficient (Wildman–Crippen LogP) is 4.01. The standard InChI is InChI=1S/C21H17Cl2N3O4S/c22-13-7-14-18(25-26-21-24-20(29)16(30-21)9-17(27)28)12(6-11-4-2-1-3-5-11)10-31-19(14)15(23)8-13/h1-5,7-8,12,16H,6,9-10H2,(H,27,28)(H,24,26,29)/b25-18-. The highest BCUT2D eigenvalue weighted by Crippen LogP contribution is 2.41. The van der Waals surface area contributed by atoms with Gasteiger partial charge in [-0.15, -0.1) is 16.9 Å². The number of amides is 1. The number of carboxylic acid groups (broad SMARTS) is 1. The van der Waals surface area contributed by atoms with Crippen molar-refractivity contribution < 1.29 is 19.4 Å². The Hall–Kier alpha value is -2.55. The molecule has 4 rings (SSSR count). The normalized spacial score (nSPS) is 22.8. The van der Waals surface area contributed by atoms with Crippen molar-refractivity contribution >= 4 is 58.6 Å². The van der Waals surface area contributed by atoms with E-state index in [2.05, 4.69) is 15.5 Å². The van der Waals surface area contributed by atoms with Crippen molar-refractivity contribution in [3.05, 3.63) is 63.6 Å². The summed E-state index contributed by atoms with van der Waals surface area (Å²) in [4.78, 5) is 23.6. The molecule has 0 radical (unpaired) electrons. The Labute approximate surface area is 192 Å². The maximum absolute atomic E-state index is 11.9. The number of hydrogen-bond acceptors (Lipinski definition) is 6. The van der Waals surface area contributed by atoms with Crippen LogP contribution in [0.5, 0.6) is 0 Å². The number of benzene rings is 2. The van der Waals surface area contributed by atoms with Crippen molar-refractivity contribution in [1.29, 1.82) is 0 Å². The van der Waals surface area contributed by atoms with Crippen LogP contribution in [0.1, 0.15) is 17.5 Å². The number of halogens is 2. The molecular weight excluding hydrogens is 461 g/mol. The average molecular weight is 478 g/mol. The first kappa shape index (κ1) is 21.7. The molecule has 10 heteroatoms. The molecule has 0 aromatic heterocycles. The van der Waals surface area contributed by atoms with Gasteiger partial charge in [0.2, 0.25) is 0 Å². The van der Waals surface area contributed by atoms with Crippen LogP contribution in [0, 0.1) is 5.92 Å². The molecule has 160 valence electrons. The van der Waals surface area contributed by atoms with Crippen molar-refractivity contribution in [3.63, 3.8) is 0 Å². The number of nitrogens with one attached hydrogen (secondary N) is 1. The molecule has 1 amide bonds. The molecule has 2 aliphatic heterocycles. The highest BCUT2D eigenvalue weighted by atomic mass is 35.5. The second-order valence-electron chi connectivity index (χ2n) is 7.05. The van der Waals surface area contributed by atoms with Crippen LogP contribution in [0.4, 0.5) is 0 Å². The van der Waals surface area contributed by atoms with Crippen LogP contribution < -0.4 is 5.32 Å². The number of carbonyl (C=O) groups is 2. The van der Waals surface area contributed by atoms with Crippen LogP contribution in [-0.2, 0) is 20.7 Å². The van der Waals surface area contributed by atoms with Crippen LogP contribution in [0.3, 0.4) is 0 Å². The van der Waals surface area contributed by atoms with Gasteiger partial charge in [-0.1, -0.05) is 58.6 Å². The van der Waals surface area contributed by atoms with Gasteiger partial charge >= 0.3 is 12.0 Å². The summed E-state index contributed by atoms with van der Waals surface area (Å²) in [5.41, 5.74) is 2.61. The number of ether oxygens (including phenoxy) is 1. The van der Waals surface area contributed by atoms with Crippen LogP contribution in [0.25, 0.3) is 0 Å². The van der Waals surface area contributed by atoms with Gasteiger partial charge in [-0.25, -0.2) is 0 Å². The summed E-state index contributed by atoms with van der Waals surface area (Å²) >= 11 is 14.3. The number of carbonyl (C=O) groups excluding carboxylic acids is 1. The van der Waals surface area contributed by atoms with Gasteiger partial charge in [0.05, 0.1) is 17.2 Å². The number of fused-ring (bicyclic) bond motifs is 1. The first-order valence-corrected chi connectivity index (χ1v) is 11.2. The van der Waals surface area contributed by atoms with E-state index in [-0.39, 0.29) is 11.9 Å². The first-order chi connectivity index (χ1) is 14.9. The van der Waals surface area contributed by atoms with Crippen molar-refractivity contribution in [1.82, 2.24) is 5.32 Å². The quantitative estimate of drug-likeness (QED) is 0.633. The predicted molar refractivity (Wildman–Crippen MR) is 120 cm³/mol. The second-order valence-corrected chi connectivity index (χ2v) is 8.92. The Balaban J connectivity index is 1.68. The molecule has 1 fully saturated rings. The van der Waals surface area contributed by atoms with Crippen LogP contribution in [0.15, 0.2) is 57.6 Å². The van der Waals surface area contributed by atoms with E-state index in [1.807, 2.05) is 30.3 Å². The Bertz CT molecular complexity index is 1090. The van der Waals surface area contributed by atoms with Gasteiger partial charge in [0.25, 0.3) is 5.91 Å². The summed E-state index contributed by atoms with van der Waals surface area (Å²) in [5.74, 6) is -0.946. The van der Waals surface area contributed by atoms with E-state index in [0.29, 0.717) is 15.8 Å². The lowest BCUT2D eigenvalue weighted by atomic mass is 9.91. The minimum Gasteiger partial charge on any atom is -0.481 e. The number of rotatable bonds is 5. The minimum absolute atomic E-state index is 0.0192. The van der Waals surface area contributed by atoms with Gasteiger partial charge in [-0.2, -0.15) is 0 Å². The van der Waals surface area contributed by atoms with E-state index in [1.54, 1.807) is 23.9 Å². The molecule has 0 saturated carbocycles. The van der Waals surface area contributed by atoms with Crippen LogP contribution in [0.2, 0.25) is 10.0 Å². The third-order valence-electron chi connectivity index (χ3n) is 4.81. The number of thioether (sulfide) groups is 1. The molecule has 1 saturated heterocycles. The van der Waals surface area contributed by atoms with Crippen molar-refractivity contribution in [2.24, 2.45) is 16.1 Å². The third kappa shape index (κ3) is 5.03. The number of carboxylic acids is 1. The SMILES string of the molecule is O=C(O)CC1O/C(=N\N=C2/c3cc(Cl)cc(Cl)c3SCC2Cc2ccccc2)NC1=O. The van der Waals surface area contributed by atoms with Crippen molar-refractivity contribution in [2.45, 2.75) is 23.8 Å². The summed E-state index contributed by atoms with van der Waals surface area (Å²) in [6.07, 6.45) is -0.853. The summed E-state index contributed by atoms with van der Waals surface area (Å²) in [6.45, 7) is 0. The van der Waals surface area contributed by atoms with E-state index in [0.717, 1.165) is 28.2 Å². The zero-order valence-electron chi connectivity index (χ0n) is 16.0. The van der Waals surface area contributed by atoms with Gasteiger partial charge in [0.1, 0.15) is 0 Å². The molecule has 2 atom stereocenters. The molecule has 31 heavy (non-hydrogen) atoms. The molecule has 2 N–H and O–H groups in total. The molecule has 2 heterocycles. The summed E-state index contributed by atoms with van der Waals surface area (Å²) in [6, 6.07) is 13.4. The second kappa shape index (κ2) is 9.30. The van der Waals surface area contributed by atoms with Gasteiger partial charge in [-0.3, -0.25) is 14.9 Å². The smallest absolute Gasteiger partial charge is 0.316 e. The number of nitrogens with zero attached hydrogens (tertiary/aromatic N) is 2. The molecule has 2 aliphatic rings. The van der Waals surface area contributed by atoms with E-state index in [1.165, 1.54) is 0 Å². The summed E-state index contributed by atoms with van der Waals surface area (Å²) < 4.78 is 5.31. The number of aliphatic carboxylic acids is 1. The Morgan fingerprint density at radius 2 is 2.00 bits per heavy atom. The Morgan fingerprint density at radius 3 is 2.74 bits per heavy atom. The third-order valence-corrected chi connectivity index (χ3v) is 6.74. The molecule has 0 bridgehead atoms. The van der Waals surface area contributed by atoms with Crippen LogP contribution >= 0.6 is 35.0 Å². The lowest BCUT2D eigenvalue weighted by Gasteiger charge is -2.26. The lowest BCUT2D eigenvalue weighted by Crippen LogP contribution is -2.27. The Kier molecular flexibility index (Phi) is 6.50. The molecule has 2 aromatic carbocycles. The topological polar surface area (TPSA) is 100 Å². The van der Waals surface area contributed by atoms with Gasteiger partial charge in [-0.05, 0) is 24.1 Å². The summed E-state index contributed by atoms with van der Waals surface area (Å²) in [7, 11) is 0. The fourth-order valence-corrected chi connectivity index (χ4v) is 5.23. The van der Waals surface area contributed by atoms with Crippen molar-refractivity contribution in [3.8, 4) is 0 Å². The fraction of sp³-hybridized carbons (Fsp3) is 0.238. The minimum atomic E-state index is -1.14. The number of hydrogen-bond donors (Lipinski definition) is 2. The van der Waals surface area contributed by atoms with Gasteiger partial charge in [0.15, 0.2) is 6.10 Å². The molecule has 0 spiro atoms. The largest absolute Gasteiger partial charge is 0.481 e. The van der Waals surface area contributed by atoms with E-state index in [4.69, 9.17) is 33.0 Å². The van der Waals surface area contributed by atoms with Gasteiger partial charge in [0, 0.05) is 27.2 Å². The fourth-order valence-electron chi connectivity index (χ4n) is 3.41. The summed E-state index contributed by atoms with van der Waals surface area (Å²) in [5, 5.41) is 20.8. The van der Waals surface area contributed by atoms with Crippen LogP contribution in [-0.4, -0.2) is 40.6 Å². The average Bonchev–Trinajstić information content (AvgIpc) is 3.06. The maximum atomic E-state index is 11.9. The lowest BCUT2D eigenvalue weighted by molar-refractivity contribution is -0.141.